The van der Waals surface area contributed by atoms with Gasteiger partial charge in [-0.1, -0.05) is 17.4 Å². The van der Waals surface area contributed by atoms with Crippen molar-refractivity contribution in [1.29, 1.82) is 0 Å². The lowest BCUT2D eigenvalue weighted by Crippen LogP contribution is -2.36. The molecule has 144 valence electrons. The van der Waals surface area contributed by atoms with Gasteiger partial charge in [0.2, 0.25) is 5.91 Å². The van der Waals surface area contributed by atoms with E-state index in [1.807, 2.05) is 9.47 Å². The first-order valence-electron chi connectivity index (χ1n) is 8.91. The highest BCUT2D eigenvalue weighted by Crippen LogP contribution is 2.19. The number of carbonyl (C=O) groups excluding carboxylic acids is 2. The second-order valence-corrected chi connectivity index (χ2v) is 8.33. The minimum Gasteiger partial charge on any atom is -0.342 e. The monoisotopic (exact) mass is 407 g/mol. The van der Waals surface area contributed by atoms with Crippen LogP contribution in [-0.2, 0) is 16.1 Å². The zero-order chi connectivity index (χ0) is 19.2. The van der Waals surface area contributed by atoms with Crippen LogP contribution in [0, 0.1) is 5.82 Å². The number of aromatic nitrogens is 1. The molecule has 1 aliphatic heterocycles. The second kappa shape index (κ2) is 9.32. The van der Waals surface area contributed by atoms with Gasteiger partial charge in [-0.2, -0.15) is 4.99 Å². The molecule has 1 fully saturated rings. The Hall–Kier alpha value is -1.93. The number of thiazole rings is 1. The molecule has 8 heteroatoms. The normalized spacial score (nSPS) is 15.3. The van der Waals surface area contributed by atoms with Crippen LogP contribution in [0.5, 0.6) is 0 Å². The summed E-state index contributed by atoms with van der Waals surface area (Å²) in [5, 5.41) is 0. The summed E-state index contributed by atoms with van der Waals surface area (Å²) in [6.07, 6.45) is 5.00. The quantitative estimate of drug-likeness (QED) is 0.691. The molecular formula is C19H22FN3O2S2. The summed E-state index contributed by atoms with van der Waals surface area (Å²) in [6, 6.07) is 4.51. The lowest BCUT2D eigenvalue weighted by molar-refractivity contribution is -0.129. The zero-order valence-electron chi connectivity index (χ0n) is 15.0. The van der Waals surface area contributed by atoms with E-state index in [0.29, 0.717) is 17.1 Å². The maximum Gasteiger partial charge on any atom is 0.258 e. The van der Waals surface area contributed by atoms with Crippen LogP contribution in [-0.4, -0.2) is 45.9 Å². The van der Waals surface area contributed by atoms with Crippen LogP contribution >= 0.6 is 23.1 Å². The van der Waals surface area contributed by atoms with E-state index in [-0.39, 0.29) is 23.4 Å². The molecule has 2 heterocycles. The molecule has 2 amide bonds. The predicted octanol–water partition coefficient (Wildman–Crippen LogP) is 3.20. The molecule has 0 aliphatic carbocycles. The molecule has 1 saturated heterocycles. The highest BCUT2D eigenvalue weighted by Gasteiger charge is 2.16. The van der Waals surface area contributed by atoms with Crippen LogP contribution in [0.2, 0.25) is 0 Å². The van der Waals surface area contributed by atoms with Gasteiger partial charge in [0.25, 0.3) is 5.91 Å². The summed E-state index contributed by atoms with van der Waals surface area (Å²) < 4.78 is 16.0. The van der Waals surface area contributed by atoms with Gasteiger partial charge in [0.15, 0.2) is 4.80 Å². The fourth-order valence-electron chi connectivity index (χ4n) is 3.04. The molecule has 1 aromatic heterocycles. The van der Waals surface area contributed by atoms with Crippen LogP contribution in [0.4, 0.5) is 4.39 Å². The van der Waals surface area contributed by atoms with Crippen LogP contribution in [0.25, 0.3) is 10.2 Å². The Morgan fingerprint density at radius 3 is 2.78 bits per heavy atom. The molecule has 0 spiro atoms. The predicted molar refractivity (Wildman–Crippen MR) is 108 cm³/mol. The van der Waals surface area contributed by atoms with Gasteiger partial charge in [-0.3, -0.25) is 9.59 Å². The van der Waals surface area contributed by atoms with E-state index in [9.17, 15) is 14.0 Å². The molecule has 0 atom stereocenters. The summed E-state index contributed by atoms with van der Waals surface area (Å²) in [5.41, 5.74) is 0.820. The lowest BCUT2D eigenvalue weighted by Gasteiger charge is -2.26. The molecule has 0 N–H and O–H groups in total. The molecule has 2 aromatic rings. The number of hydrogen-bond donors (Lipinski definition) is 0. The molecule has 0 bridgehead atoms. The van der Waals surface area contributed by atoms with Crippen LogP contribution in [0.3, 0.4) is 0 Å². The number of piperidine rings is 1. The highest BCUT2D eigenvalue weighted by molar-refractivity contribution is 8.00. The number of carbonyl (C=O) groups is 2. The van der Waals surface area contributed by atoms with Crippen molar-refractivity contribution >= 4 is 45.1 Å². The van der Waals surface area contributed by atoms with E-state index in [1.165, 1.54) is 41.7 Å². The molecule has 3 rings (SSSR count). The van der Waals surface area contributed by atoms with Crippen molar-refractivity contribution in [2.75, 3.05) is 24.6 Å². The average molecular weight is 408 g/mol. The van der Waals surface area contributed by atoms with Crippen LogP contribution < -0.4 is 4.80 Å². The first-order valence-corrected chi connectivity index (χ1v) is 10.9. The first-order chi connectivity index (χ1) is 13.1. The highest BCUT2D eigenvalue weighted by atomic mass is 32.2. The summed E-state index contributed by atoms with van der Waals surface area (Å²) >= 11 is 2.56. The van der Waals surface area contributed by atoms with Gasteiger partial charge in [0, 0.05) is 19.6 Å². The first kappa shape index (κ1) is 19.8. The summed E-state index contributed by atoms with van der Waals surface area (Å²) in [5.74, 6) is -0.0797. The lowest BCUT2D eigenvalue weighted by atomic mass is 10.1. The Labute approximate surface area is 165 Å². The maximum absolute atomic E-state index is 13.5. The third kappa shape index (κ3) is 5.07. The van der Waals surface area contributed by atoms with E-state index < -0.39 is 0 Å². The Bertz CT molecular complexity index is 913. The van der Waals surface area contributed by atoms with E-state index >= 15 is 0 Å². The van der Waals surface area contributed by atoms with Gasteiger partial charge in [-0.25, -0.2) is 4.39 Å². The Kier molecular flexibility index (Phi) is 6.84. The molecular weight excluding hydrogens is 385 g/mol. The number of hydrogen-bond acceptors (Lipinski definition) is 4. The fraction of sp³-hybridized carbons (Fsp3) is 0.421. The summed E-state index contributed by atoms with van der Waals surface area (Å²) in [6.45, 7) is 5.85. The molecule has 1 aromatic carbocycles. The number of benzene rings is 1. The number of halogens is 1. The number of likely N-dealkylation sites (tertiary alicyclic amines) is 1. The van der Waals surface area contributed by atoms with Gasteiger partial charge in [0.1, 0.15) is 5.82 Å². The Balaban J connectivity index is 1.66. The van der Waals surface area contributed by atoms with Crippen LogP contribution in [0.15, 0.2) is 35.8 Å². The van der Waals surface area contributed by atoms with Crippen molar-refractivity contribution in [1.82, 2.24) is 9.47 Å². The summed E-state index contributed by atoms with van der Waals surface area (Å²) in [4.78, 5) is 31.0. The molecule has 1 aliphatic rings. The third-order valence-corrected chi connectivity index (χ3v) is 6.28. The van der Waals surface area contributed by atoms with Gasteiger partial charge in [-0.15, -0.1) is 18.3 Å². The largest absolute Gasteiger partial charge is 0.342 e. The van der Waals surface area contributed by atoms with Crippen molar-refractivity contribution in [2.24, 2.45) is 4.99 Å². The average Bonchev–Trinajstić information content (AvgIpc) is 2.98. The van der Waals surface area contributed by atoms with Crippen molar-refractivity contribution in [2.45, 2.75) is 25.8 Å². The number of nitrogens with zero attached hydrogens (tertiary/aromatic N) is 3. The van der Waals surface area contributed by atoms with Crippen molar-refractivity contribution in [3.63, 3.8) is 0 Å². The van der Waals surface area contributed by atoms with Crippen molar-refractivity contribution in [3.05, 3.63) is 41.5 Å². The van der Waals surface area contributed by atoms with Gasteiger partial charge < -0.3 is 9.47 Å². The second-order valence-electron chi connectivity index (χ2n) is 6.34. The van der Waals surface area contributed by atoms with Crippen LogP contribution in [0.1, 0.15) is 19.3 Å². The topological polar surface area (TPSA) is 54.7 Å². The number of rotatable bonds is 6. The standard InChI is InChI=1S/C19H22FN3O2S2/c1-2-8-23-15-7-6-14(20)11-16(15)27-19(23)21-17(24)12-26-13-18(25)22-9-4-3-5-10-22/h2,6-7,11H,1,3-5,8-10,12-13H2. The fourth-order valence-corrected chi connectivity index (χ4v) is 4.82. The van der Waals surface area contributed by atoms with E-state index in [1.54, 1.807) is 12.1 Å². The molecule has 0 unspecified atom stereocenters. The number of thioether (sulfide) groups is 1. The number of amides is 2. The Morgan fingerprint density at radius 2 is 2.04 bits per heavy atom. The van der Waals surface area contributed by atoms with Gasteiger partial charge in [0.05, 0.1) is 21.7 Å². The smallest absolute Gasteiger partial charge is 0.258 e. The van der Waals surface area contributed by atoms with E-state index in [2.05, 4.69) is 11.6 Å². The molecule has 27 heavy (non-hydrogen) atoms. The van der Waals surface area contributed by atoms with Gasteiger partial charge in [-0.05, 0) is 37.5 Å². The third-order valence-electron chi connectivity index (χ3n) is 4.34. The number of allylic oxidation sites excluding steroid dienone is 1. The molecule has 0 radical (unpaired) electrons. The zero-order valence-corrected chi connectivity index (χ0v) is 16.7. The molecule has 5 nitrogen and oxygen atoms in total. The maximum atomic E-state index is 13.5. The van der Waals surface area contributed by atoms with E-state index in [0.717, 1.165) is 36.1 Å². The SMILES string of the molecule is C=CCn1c(=NC(=O)CSCC(=O)N2CCCCC2)sc2cc(F)ccc21. The van der Waals surface area contributed by atoms with E-state index in [4.69, 9.17) is 0 Å². The minimum atomic E-state index is -0.320. The van der Waals surface area contributed by atoms with Crippen molar-refractivity contribution in [3.8, 4) is 0 Å². The molecule has 0 saturated carbocycles. The van der Waals surface area contributed by atoms with Crippen molar-refractivity contribution < 1.29 is 14.0 Å². The van der Waals surface area contributed by atoms with Gasteiger partial charge >= 0.3 is 0 Å². The Morgan fingerprint density at radius 1 is 1.26 bits per heavy atom. The number of fused-ring (bicyclic) bond motifs is 1. The summed E-state index contributed by atoms with van der Waals surface area (Å²) in [7, 11) is 0. The minimum absolute atomic E-state index is 0.0894.